The van der Waals surface area contributed by atoms with Gasteiger partial charge in [-0.1, -0.05) is 18.2 Å². The molecule has 0 spiro atoms. The lowest BCUT2D eigenvalue weighted by Gasteiger charge is -2.11. The van der Waals surface area contributed by atoms with E-state index in [2.05, 4.69) is 21.2 Å². The predicted octanol–water partition coefficient (Wildman–Crippen LogP) is 4.10. The minimum atomic E-state index is -0.298. The minimum Gasteiger partial charge on any atom is -0.478 e. The molecule has 2 rings (SSSR count). The van der Waals surface area contributed by atoms with Gasteiger partial charge in [-0.25, -0.2) is 4.39 Å². The summed E-state index contributed by atoms with van der Waals surface area (Å²) in [5.74, 6) is 0.371. The summed E-state index contributed by atoms with van der Waals surface area (Å²) in [6.07, 6.45) is 0. The summed E-state index contributed by atoms with van der Waals surface area (Å²) in [5, 5.41) is 11.7. The fourth-order valence-electron chi connectivity index (χ4n) is 1.70. The molecule has 0 saturated carbocycles. The van der Waals surface area contributed by atoms with E-state index in [1.54, 1.807) is 12.1 Å². The summed E-state index contributed by atoms with van der Waals surface area (Å²) in [7, 11) is 0. The first kappa shape index (κ1) is 14.4. The quantitative estimate of drug-likeness (QED) is 0.895. The zero-order chi connectivity index (χ0) is 14.4. The van der Waals surface area contributed by atoms with Crippen LogP contribution in [-0.4, -0.2) is 6.61 Å². The molecule has 0 unspecified atom stereocenters. The maximum atomic E-state index is 13.1. The van der Waals surface area contributed by atoms with Crippen molar-refractivity contribution in [2.45, 2.75) is 6.54 Å². The van der Waals surface area contributed by atoms with Crippen molar-refractivity contribution in [3.8, 4) is 11.8 Å². The lowest BCUT2D eigenvalue weighted by atomic mass is 10.2. The lowest BCUT2D eigenvalue weighted by molar-refractivity contribution is 0.364. The van der Waals surface area contributed by atoms with Crippen LogP contribution in [0.25, 0.3) is 0 Å². The average molecular weight is 335 g/mol. The third-order valence-electron chi connectivity index (χ3n) is 2.67. The normalized spacial score (nSPS) is 9.85. The monoisotopic (exact) mass is 334 g/mol. The summed E-state index contributed by atoms with van der Waals surface area (Å²) < 4.78 is 18.9. The highest BCUT2D eigenvalue weighted by Crippen LogP contribution is 2.22. The van der Waals surface area contributed by atoms with Crippen LogP contribution in [0.4, 0.5) is 10.1 Å². The molecule has 0 saturated heterocycles. The Balaban J connectivity index is 2.06. The number of anilines is 1. The predicted molar refractivity (Wildman–Crippen MR) is 79.0 cm³/mol. The van der Waals surface area contributed by atoms with Gasteiger partial charge in [-0.3, -0.25) is 0 Å². The molecule has 0 aliphatic carbocycles. The number of rotatable bonds is 5. The van der Waals surface area contributed by atoms with Gasteiger partial charge in [0, 0.05) is 17.8 Å². The number of hydrogen-bond acceptors (Lipinski definition) is 3. The molecule has 102 valence electrons. The molecular formula is C15H12BrFN2O. The van der Waals surface area contributed by atoms with Crippen molar-refractivity contribution < 1.29 is 9.13 Å². The van der Waals surface area contributed by atoms with Crippen molar-refractivity contribution in [3.63, 3.8) is 0 Å². The van der Waals surface area contributed by atoms with Gasteiger partial charge >= 0.3 is 0 Å². The first-order chi connectivity index (χ1) is 9.70. The van der Waals surface area contributed by atoms with Gasteiger partial charge in [0.05, 0.1) is 4.47 Å². The van der Waals surface area contributed by atoms with Crippen LogP contribution < -0.4 is 10.1 Å². The highest BCUT2D eigenvalue weighted by atomic mass is 79.9. The Morgan fingerprint density at radius 2 is 2.05 bits per heavy atom. The van der Waals surface area contributed by atoms with Crippen LogP contribution in [0.5, 0.6) is 5.75 Å². The molecule has 20 heavy (non-hydrogen) atoms. The van der Waals surface area contributed by atoms with Crippen molar-refractivity contribution in [2.24, 2.45) is 0 Å². The molecule has 2 aromatic carbocycles. The van der Waals surface area contributed by atoms with Crippen LogP contribution in [0.1, 0.15) is 5.56 Å². The second-order valence-corrected chi connectivity index (χ2v) is 4.89. The largest absolute Gasteiger partial charge is 0.478 e. The molecule has 3 nitrogen and oxygen atoms in total. The van der Waals surface area contributed by atoms with E-state index in [9.17, 15) is 4.39 Å². The Hall–Kier alpha value is -2.06. The molecular weight excluding hydrogens is 323 g/mol. The van der Waals surface area contributed by atoms with Crippen molar-refractivity contribution in [1.82, 2.24) is 0 Å². The fraction of sp³-hybridized carbons (Fsp3) is 0.133. The van der Waals surface area contributed by atoms with Crippen molar-refractivity contribution in [1.29, 1.82) is 5.26 Å². The first-order valence-corrected chi connectivity index (χ1v) is 6.76. The molecule has 2 aromatic rings. The van der Waals surface area contributed by atoms with Gasteiger partial charge in [0.25, 0.3) is 0 Å². The van der Waals surface area contributed by atoms with E-state index < -0.39 is 0 Å². The molecule has 0 aliphatic rings. The number of halogens is 2. The van der Waals surface area contributed by atoms with Crippen molar-refractivity contribution in [2.75, 3.05) is 11.9 Å². The van der Waals surface area contributed by atoms with E-state index in [0.717, 1.165) is 11.3 Å². The number of nitrogens with one attached hydrogen (secondary N) is 1. The Bertz CT molecular complexity index is 640. The van der Waals surface area contributed by atoms with Crippen molar-refractivity contribution >= 4 is 21.6 Å². The lowest BCUT2D eigenvalue weighted by Crippen LogP contribution is -2.03. The molecule has 0 bridgehead atoms. The second kappa shape index (κ2) is 6.92. The van der Waals surface area contributed by atoms with Crippen LogP contribution in [0, 0.1) is 17.1 Å². The summed E-state index contributed by atoms with van der Waals surface area (Å²) in [6, 6.07) is 14.2. The number of ether oxygens (including phenoxy) is 1. The average Bonchev–Trinajstić information content (AvgIpc) is 2.47. The maximum absolute atomic E-state index is 13.1. The molecule has 0 atom stereocenters. The third kappa shape index (κ3) is 3.72. The molecule has 1 N–H and O–H groups in total. The topological polar surface area (TPSA) is 45.0 Å². The molecule has 0 aliphatic heterocycles. The van der Waals surface area contributed by atoms with Gasteiger partial charge < -0.3 is 10.1 Å². The van der Waals surface area contributed by atoms with E-state index in [-0.39, 0.29) is 12.4 Å². The van der Waals surface area contributed by atoms with Gasteiger partial charge in [0.15, 0.2) is 6.61 Å². The zero-order valence-corrected chi connectivity index (χ0v) is 12.2. The van der Waals surface area contributed by atoms with E-state index in [1.165, 1.54) is 6.07 Å². The Kier molecular flexibility index (Phi) is 4.97. The van der Waals surface area contributed by atoms with Crippen LogP contribution >= 0.6 is 15.9 Å². The summed E-state index contributed by atoms with van der Waals surface area (Å²) in [4.78, 5) is 0. The molecule has 0 amide bonds. The second-order valence-electron chi connectivity index (χ2n) is 4.04. The highest BCUT2D eigenvalue weighted by Gasteiger charge is 2.04. The Morgan fingerprint density at radius 1 is 1.25 bits per heavy atom. The van der Waals surface area contributed by atoms with E-state index in [0.29, 0.717) is 16.8 Å². The Labute approximate surface area is 125 Å². The zero-order valence-electron chi connectivity index (χ0n) is 10.6. The minimum absolute atomic E-state index is 0.0130. The summed E-state index contributed by atoms with van der Waals surface area (Å²) in [6.45, 7) is 0.540. The van der Waals surface area contributed by atoms with Crippen LogP contribution in [0.3, 0.4) is 0 Å². The number of benzene rings is 2. The fourth-order valence-corrected chi connectivity index (χ4v) is 2.08. The van der Waals surface area contributed by atoms with Crippen LogP contribution in [0.15, 0.2) is 46.9 Å². The third-order valence-corrected chi connectivity index (χ3v) is 3.28. The van der Waals surface area contributed by atoms with Gasteiger partial charge in [-0.15, -0.1) is 0 Å². The summed E-state index contributed by atoms with van der Waals surface area (Å²) in [5.41, 5.74) is 1.73. The highest BCUT2D eigenvalue weighted by molar-refractivity contribution is 9.10. The molecule has 0 fully saturated rings. The summed E-state index contributed by atoms with van der Waals surface area (Å²) >= 11 is 3.15. The van der Waals surface area contributed by atoms with E-state index >= 15 is 0 Å². The number of hydrogen-bond donors (Lipinski definition) is 1. The van der Waals surface area contributed by atoms with Crippen LogP contribution in [0.2, 0.25) is 0 Å². The number of nitriles is 1. The Morgan fingerprint density at radius 3 is 2.80 bits per heavy atom. The van der Waals surface area contributed by atoms with Crippen molar-refractivity contribution in [3.05, 3.63) is 58.3 Å². The van der Waals surface area contributed by atoms with Gasteiger partial charge in [0.1, 0.15) is 17.6 Å². The van der Waals surface area contributed by atoms with Gasteiger partial charge in [-0.2, -0.15) is 5.26 Å². The number of nitrogens with zero attached hydrogens (tertiary/aromatic N) is 1. The van der Waals surface area contributed by atoms with Crippen LogP contribution in [-0.2, 0) is 6.54 Å². The number of para-hydroxylation sites is 1. The standard InChI is InChI=1S/C15H12BrFN2O/c16-13-9-12(5-6-14(13)17)19-10-11-3-1-2-4-15(11)20-8-7-18/h1-6,9,19H,8,10H2. The molecule has 0 aromatic heterocycles. The smallest absolute Gasteiger partial charge is 0.174 e. The first-order valence-electron chi connectivity index (χ1n) is 5.97. The molecule has 5 heteroatoms. The van der Waals surface area contributed by atoms with Gasteiger partial charge in [-0.05, 0) is 40.2 Å². The van der Waals surface area contributed by atoms with E-state index in [4.69, 9.17) is 10.00 Å². The SMILES string of the molecule is N#CCOc1ccccc1CNc1ccc(F)c(Br)c1. The maximum Gasteiger partial charge on any atom is 0.174 e. The molecule has 0 heterocycles. The van der Waals surface area contributed by atoms with Gasteiger partial charge in [0.2, 0.25) is 0 Å². The molecule has 0 radical (unpaired) electrons. The van der Waals surface area contributed by atoms with E-state index in [1.807, 2.05) is 30.3 Å².